The number of hydrogen-bond acceptors (Lipinski definition) is 8. The van der Waals surface area contributed by atoms with Gasteiger partial charge in [-0.15, -0.1) is 10.2 Å². The molecule has 1 amide bonds. The fourth-order valence-corrected chi connectivity index (χ4v) is 4.59. The number of ether oxygens (including phenoxy) is 2. The first kappa shape index (κ1) is 28.3. The molecule has 0 fully saturated rings. The molecule has 0 saturated carbocycles. The fourth-order valence-electron chi connectivity index (χ4n) is 3.87. The van der Waals surface area contributed by atoms with Gasteiger partial charge in [-0.05, 0) is 41.5 Å². The molecule has 10 nitrogen and oxygen atoms in total. The Balaban J connectivity index is 1.85. The number of nitrogens with two attached hydrogens (primary N) is 1. The van der Waals surface area contributed by atoms with E-state index >= 15 is 0 Å². The quantitative estimate of drug-likeness (QED) is 0.134. The van der Waals surface area contributed by atoms with Gasteiger partial charge in [0.25, 0.3) is 10.1 Å². The van der Waals surface area contributed by atoms with Crippen LogP contribution in [0.1, 0.15) is 0 Å². The SMILES string of the molecule is COc1cc(-c2ccc(/N=N/c3cc(S(=O)(=O)O)c4ccccc4c3NC(=O)C(F)(F)F)c(OC)c2)ccc1N. The van der Waals surface area contributed by atoms with E-state index in [1.54, 1.807) is 35.6 Å². The highest BCUT2D eigenvalue weighted by molar-refractivity contribution is 7.86. The number of amides is 1. The number of nitrogens with one attached hydrogen (secondary N) is 1. The van der Waals surface area contributed by atoms with Crippen LogP contribution in [-0.4, -0.2) is 39.3 Å². The molecule has 0 atom stereocenters. The lowest BCUT2D eigenvalue weighted by molar-refractivity contribution is -0.167. The molecule has 0 saturated heterocycles. The van der Waals surface area contributed by atoms with E-state index < -0.39 is 38.5 Å². The third-order valence-corrected chi connectivity index (χ3v) is 6.67. The molecule has 4 rings (SSSR count). The maximum atomic E-state index is 13.1. The van der Waals surface area contributed by atoms with E-state index in [0.717, 1.165) is 11.6 Å². The third kappa shape index (κ3) is 5.82. The van der Waals surface area contributed by atoms with Crippen molar-refractivity contribution in [1.29, 1.82) is 0 Å². The molecule has 0 bridgehead atoms. The highest BCUT2D eigenvalue weighted by Crippen LogP contribution is 2.41. The van der Waals surface area contributed by atoms with Gasteiger partial charge in [0.05, 0.1) is 25.6 Å². The van der Waals surface area contributed by atoms with Gasteiger partial charge >= 0.3 is 12.1 Å². The smallest absolute Gasteiger partial charge is 0.471 e. The molecular weight excluding hydrogens is 553 g/mol. The molecule has 40 heavy (non-hydrogen) atoms. The van der Waals surface area contributed by atoms with E-state index in [1.807, 2.05) is 0 Å². The zero-order valence-electron chi connectivity index (χ0n) is 20.9. The summed E-state index contributed by atoms with van der Waals surface area (Å²) in [6.45, 7) is 0. The maximum Gasteiger partial charge on any atom is 0.471 e. The standard InChI is InChI=1S/C26H21F3N4O6S/c1-38-21-11-14(7-9-18(21)30)15-8-10-19(22(12-15)39-2)32-33-20-13-23(40(35,36)37)16-5-3-4-6-17(16)24(20)31-25(34)26(27,28)29/h3-13H,30H2,1-2H3,(H,31,34)(H,35,36,37)/b33-32+. The van der Waals surface area contributed by atoms with Crippen molar-refractivity contribution in [3.05, 3.63) is 66.7 Å². The zero-order valence-corrected chi connectivity index (χ0v) is 21.7. The van der Waals surface area contributed by atoms with Crippen molar-refractivity contribution < 1.29 is 40.4 Å². The Bertz CT molecular complexity index is 1760. The Morgan fingerprint density at radius 3 is 2.05 bits per heavy atom. The average molecular weight is 575 g/mol. The predicted octanol–water partition coefficient (Wildman–Crippen LogP) is 6.27. The molecule has 0 aliphatic heterocycles. The molecular formula is C26H21F3N4O6S. The minimum atomic E-state index is -5.25. The first-order valence-corrected chi connectivity index (χ1v) is 12.7. The van der Waals surface area contributed by atoms with Crippen LogP contribution in [0.15, 0.2) is 81.9 Å². The first-order chi connectivity index (χ1) is 18.8. The Morgan fingerprint density at radius 1 is 0.875 bits per heavy atom. The van der Waals surface area contributed by atoms with Gasteiger partial charge in [0.15, 0.2) is 0 Å². The number of anilines is 2. The fraction of sp³-hybridized carbons (Fsp3) is 0.115. The number of fused-ring (bicyclic) bond motifs is 1. The van der Waals surface area contributed by atoms with Crippen molar-refractivity contribution in [3.63, 3.8) is 0 Å². The molecule has 0 aromatic heterocycles. The van der Waals surface area contributed by atoms with Crippen LogP contribution >= 0.6 is 0 Å². The van der Waals surface area contributed by atoms with Crippen LogP contribution in [0.4, 0.5) is 35.9 Å². The number of azo groups is 1. The Labute approximate surface area is 226 Å². The summed E-state index contributed by atoms with van der Waals surface area (Å²) in [5.41, 5.74) is 6.94. The lowest BCUT2D eigenvalue weighted by Crippen LogP contribution is -2.30. The van der Waals surface area contributed by atoms with E-state index in [-0.39, 0.29) is 22.2 Å². The number of halogens is 3. The molecule has 0 spiro atoms. The number of carbonyl (C=O) groups excluding carboxylic acids is 1. The van der Waals surface area contributed by atoms with Crippen molar-refractivity contribution in [2.75, 3.05) is 25.3 Å². The number of nitrogen functional groups attached to an aromatic ring is 1. The summed E-state index contributed by atoms with van der Waals surface area (Å²) in [7, 11) is -2.01. The molecule has 4 aromatic carbocycles. The number of alkyl halides is 3. The van der Waals surface area contributed by atoms with Gasteiger partial charge in [-0.2, -0.15) is 21.6 Å². The van der Waals surface area contributed by atoms with Gasteiger partial charge in [-0.3, -0.25) is 9.35 Å². The monoisotopic (exact) mass is 574 g/mol. The van der Waals surface area contributed by atoms with Crippen molar-refractivity contribution in [2.24, 2.45) is 10.2 Å². The Morgan fingerprint density at radius 2 is 1.45 bits per heavy atom. The third-order valence-electron chi connectivity index (χ3n) is 5.77. The summed E-state index contributed by atoms with van der Waals surface area (Å²) in [5, 5.41) is 9.45. The molecule has 0 heterocycles. The van der Waals surface area contributed by atoms with Crippen LogP contribution in [-0.2, 0) is 14.9 Å². The average Bonchev–Trinajstić information content (AvgIpc) is 2.91. The van der Waals surface area contributed by atoms with Crippen molar-refractivity contribution in [1.82, 2.24) is 0 Å². The summed E-state index contributed by atoms with van der Waals surface area (Å²) >= 11 is 0. The normalized spacial score (nSPS) is 12.1. The molecule has 4 aromatic rings. The largest absolute Gasteiger partial charge is 0.495 e. The first-order valence-electron chi connectivity index (χ1n) is 11.3. The van der Waals surface area contributed by atoms with Crippen LogP contribution < -0.4 is 20.5 Å². The molecule has 208 valence electrons. The predicted molar refractivity (Wildman–Crippen MR) is 142 cm³/mol. The molecule has 14 heteroatoms. The van der Waals surface area contributed by atoms with Crippen LogP contribution in [0.3, 0.4) is 0 Å². The highest BCUT2D eigenvalue weighted by Gasteiger charge is 2.39. The Hall–Kier alpha value is -4.69. The van der Waals surface area contributed by atoms with Crippen LogP contribution in [0.5, 0.6) is 11.5 Å². The summed E-state index contributed by atoms with van der Waals surface area (Å²) in [4.78, 5) is 11.2. The van der Waals surface area contributed by atoms with Crippen molar-refractivity contribution in [3.8, 4) is 22.6 Å². The van der Waals surface area contributed by atoms with E-state index in [1.165, 1.54) is 44.6 Å². The maximum absolute atomic E-state index is 13.1. The summed E-state index contributed by atoms with van der Waals surface area (Å²) in [6.07, 6.45) is -5.25. The minimum absolute atomic E-state index is 0.121. The molecule has 0 radical (unpaired) electrons. The number of carbonyl (C=O) groups is 1. The summed E-state index contributed by atoms with van der Waals surface area (Å²) in [5.74, 6) is -1.64. The van der Waals surface area contributed by atoms with E-state index in [9.17, 15) is 30.9 Å². The number of hydrogen-bond donors (Lipinski definition) is 3. The van der Waals surface area contributed by atoms with Crippen LogP contribution in [0.25, 0.3) is 21.9 Å². The summed E-state index contributed by atoms with van der Waals surface area (Å²) < 4.78 is 83.9. The Kier molecular flexibility index (Phi) is 7.66. The number of benzene rings is 4. The number of nitrogens with zero attached hydrogens (tertiary/aromatic N) is 2. The van der Waals surface area contributed by atoms with Gasteiger partial charge in [0.2, 0.25) is 0 Å². The highest BCUT2D eigenvalue weighted by atomic mass is 32.2. The van der Waals surface area contributed by atoms with E-state index in [0.29, 0.717) is 17.0 Å². The van der Waals surface area contributed by atoms with Crippen molar-refractivity contribution in [2.45, 2.75) is 11.1 Å². The second-order valence-corrected chi connectivity index (χ2v) is 9.67. The zero-order chi connectivity index (χ0) is 29.2. The van der Waals surface area contributed by atoms with Gasteiger partial charge < -0.3 is 20.5 Å². The van der Waals surface area contributed by atoms with Crippen molar-refractivity contribution >= 4 is 49.5 Å². The second kappa shape index (κ2) is 10.8. The molecule has 0 aliphatic rings. The lowest BCUT2D eigenvalue weighted by atomic mass is 10.0. The molecule has 4 N–H and O–H groups in total. The second-order valence-electron chi connectivity index (χ2n) is 8.28. The van der Waals surface area contributed by atoms with Gasteiger partial charge in [0.1, 0.15) is 27.8 Å². The lowest BCUT2D eigenvalue weighted by Gasteiger charge is -2.15. The molecule has 0 aliphatic carbocycles. The molecule has 0 unspecified atom stereocenters. The minimum Gasteiger partial charge on any atom is -0.495 e. The van der Waals surface area contributed by atoms with Gasteiger partial charge in [-0.25, -0.2) is 0 Å². The van der Waals surface area contributed by atoms with Gasteiger partial charge in [-0.1, -0.05) is 36.4 Å². The van der Waals surface area contributed by atoms with Gasteiger partial charge in [0, 0.05) is 10.8 Å². The topological polar surface area (TPSA) is 153 Å². The number of methoxy groups -OCH3 is 2. The summed E-state index contributed by atoms with van der Waals surface area (Å²) in [6, 6.07) is 16.1. The van der Waals surface area contributed by atoms with Crippen LogP contribution in [0, 0.1) is 0 Å². The van der Waals surface area contributed by atoms with E-state index in [2.05, 4.69) is 10.2 Å². The number of rotatable bonds is 7. The van der Waals surface area contributed by atoms with Crippen LogP contribution in [0.2, 0.25) is 0 Å². The van der Waals surface area contributed by atoms with E-state index in [4.69, 9.17) is 15.2 Å².